The molecule has 0 unspecified atom stereocenters. The molecule has 1 aromatic carbocycles. The molecular formula is C26H38N8. The molecule has 2 aliphatic heterocycles. The van der Waals surface area contributed by atoms with Gasteiger partial charge in [-0.3, -0.25) is 4.68 Å². The first-order valence-corrected chi connectivity index (χ1v) is 12.0. The minimum atomic E-state index is -0.0638. The van der Waals surface area contributed by atoms with E-state index in [1.165, 1.54) is 5.70 Å². The number of anilines is 2. The van der Waals surface area contributed by atoms with Gasteiger partial charge in [-0.25, -0.2) is 0 Å². The highest BCUT2D eigenvalue weighted by molar-refractivity contribution is 5.77. The van der Waals surface area contributed by atoms with Crippen LogP contribution in [-0.2, 0) is 0 Å². The van der Waals surface area contributed by atoms with Crippen LogP contribution in [0.15, 0.2) is 66.9 Å². The number of nitrogens with one attached hydrogen (secondary N) is 2. The summed E-state index contributed by atoms with van der Waals surface area (Å²) in [5.41, 5.74) is 18.7. The minimum absolute atomic E-state index is 0.0638. The highest BCUT2D eigenvalue weighted by Crippen LogP contribution is 2.31. The Morgan fingerprint density at radius 1 is 1.24 bits per heavy atom. The van der Waals surface area contributed by atoms with Crippen LogP contribution in [0.5, 0.6) is 0 Å². The number of nitrogens with two attached hydrogens (primary N) is 2. The van der Waals surface area contributed by atoms with Crippen LogP contribution in [0.25, 0.3) is 11.1 Å². The lowest BCUT2D eigenvalue weighted by Crippen LogP contribution is -2.34. The maximum atomic E-state index is 6.24. The second-order valence-electron chi connectivity index (χ2n) is 9.56. The normalized spacial score (nSPS) is 18.6. The molecule has 182 valence electrons. The van der Waals surface area contributed by atoms with Crippen molar-refractivity contribution in [2.75, 3.05) is 44.8 Å². The lowest BCUT2D eigenvalue weighted by Gasteiger charge is -2.35. The molecule has 0 amide bonds. The quantitative estimate of drug-likeness (QED) is 0.424. The fourth-order valence-electron chi connectivity index (χ4n) is 4.49. The zero-order chi connectivity index (χ0) is 24.2. The van der Waals surface area contributed by atoms with E-state index < -0.39 is 0 Å². The van der Waals surface area contributed by atoms with Crippen molar-refractivity contribution >= 4 is 11.4 Å². The van der Waals surface area contributed by atoms with E-state index in [0.29, 0.717) is 11.7 Å². The lowest BCUT2D eigenvalue weighted by molar-refractivity contribution is 0.211. The molecule has 1 fully saturated rings. The van der Waals surface area contributed by atoms with Crippen LogP contribution in [0, 0.1) is 0 Å². The number of hydrogen-bond acceptors (Lipinski definition) is 7. The van der Waals surface area contributed by atoms with E-state index in [0.717, 1.165) is 73.5 Å². The number of hydrogen-bond donors (Lipinski definition) is 4. The summed E-state index contributed by atoms with van der Waals surface area (Å²) in [7, 11) is 4.21. The standard InChI is InChI=1S/C26H38N8/c1-18(9-12-32(3)4)33-13-10-22(11-14-33)34-17-21(16-29-34)20-5-6-23(27)25(15-20)30-19(2)24-7-8-26(28)31-24/h5-7,15-17,22,26,30-31H,1-2,8-14,27-28H2,3-4H3/t26-/m0/s1. The van der Waals surface area contributed by atoms with Crippen LogP contribution in [-0.4, -0.2) is 59.5 Å². The van der Waals surface area contributed by atoms with Gasteiger partial charge in [0.25, 0.3) is 0 Å². The number of likely N-dealkylation sites (tertiary alicyclic amines) is 1. The number of nitrogen functional groups attached to an aromatic ring is 1. The third-order valence-electron chi connectivity index (χ3n) is 6.65. The van der Waals surface area contributed by atoms with Crippen LogP contribution < -0.4 is 22.1 Å². The average molecular weight is 463 g/mol. The number of piperidine rings is 1. The third-order valence-corrected chi connectivity index (χ3v) is 6.65. The molecule has 34 heavy (non-hydrogen) atoms. The summed E-state index contributed by atoms with van der Waals surface area (Å²) in [5, 5.41) is 11.2. The fourth-order valence-corrected chi connectivity index (χ4v) is 4.49. The Bertz CT molecular complexity index is 1060. The first kappa shape index (κ1) is 23.9. The van der Waals surface area contributed by atoms with Gasteiger partial charge >= 0.3 is 0 Å². The molecule has 1 saturated heterocycles. The molecule has 6 N–H and O–H groups in total. The van der Waals surface area contributed by atoms with Crippen LogP contribution in [0.3, 0.4) is 0 Å². The Balaban J connectivity index is 1.38. The summed E-state index contributed by atoms with van der Waals surface area (Å²) in [6.07, 6.45) is 10.0. The van der Waals surface area contributed by atoms with Gasteiger partial charge in [0.05, 0.1) is 41.2 Å². The highest BCUT2D eigenvalue weighted by Gasteiger charge is 2.22. The largest absolute Gasteiger partial charge is 0.397 e. The fraction of sp³-hybridized carbons (Fsp3) is 0.423. The van der Waals surface area contributed by atoms with Gasteiger partial charge < -0.3 is 31.9 Å². The van der Waals surface area contributed by atoms with Crippen molar-refractivity contribution in [1.82, 2.24) is 24.9 Å². The van der Waals surface area contributed by atoms with Crippen molar-refractivity contribution in [2.24, 2.45) is 5.73 Å². The van der Waals surface area contributed by atoms with E-state index in [1.807, 2.05) is 24.4 Å². The Kier molecular flexibility index (Phi) is 7.29. The van der Waals surface area contributed by atoms with Crippen molar-refractivity contribution in [3.63, 3.8) is 0 Å². The van der Waals surface area contributed by atoms with Crippen LogP contribution in [0.2, 0.25) is 0 Å². The third kappa shape index (κ3) is 5.63. The summed E-state index contributed by atoms with van der Waals surface area (Å²) in [5.74, 6) is 0. The molecule has 0 spiro atoms. The van der Waals surface area contributed by atoms with Crippen molar-refractivity contribution in [3.8, 4) is 11.1 Å². The summed E-state index contributed by atoms with van der Waals surface area (Å²) >= 11 is 0. The van der Waals surface area contributed by atoms with Gasteiger partial charge in [0.2, 0.25) is 0 Å². The molecule has 0 saturated carbocycles. The van der Waals surface area contributed by atoms with Gasteiger partial charge in [0, 0.05) is 43.5 Å². The van der Waals surface area contributed by atoms with Gasteiger partial charge in [-0.15, -0.1) is 0 Å². The second-order valence-corrected chi connectivity index (χ2v) is 9.56. The van der Waals surface area contributed by atoms with Gasteiger partial charge in [0.15, 0.2) is 0 Å². The van der Waals surface area contributed by atoms with E-state index in [9.17, 15) is 0 Å². The molecule has 1 aromatic heterocycles. The molecule has 1 atom stereocenters. The molecule has 4 rings (SSSR count). The van der Waals surface area contributed by atoms with E-state index in [1.54, 1.807) is 0 Å². The topological polar surface area (TPSA) is 100 Å². The first-order valence-electron chi connectivity index (χ1n) is 12.0. The van der Waals surface area contributed by atoms with Gasteiger partial charge in [0.1, 0.15) is 0 Å². The Labute approximate surface area is 203 Å². The SMILES string of the molecule is C=C(Nc1cc(-c2cnn(C3CCN(C(=C)CCN(C)C)CC3)c2)ccc1N)C1=CC[C@@H](N)N1. The average Bonchev–Trinajstić information content (AvgIpc) is 3.48. The van der Waals surface area contributed by atoms with E-state index >= 15 is 0 Å². The summed E-state index contributed by atoms with van der Waals surface area (Å²) in [4.78, 5) is 4.63. The van der Waals surface area contributed by atoms with Crippen molar-refractivity contribution in [3.05, 3.63) is 66.9 Å². The number of aromatic nitrogens is 2. The Morgan fingerprint density at radius 3 is 2.68 bits per heavy atom. The summed E-state index contributed by atoms with van der Waals surface area (Å²) < 4.78 is 2.12. The molecule has 0 radical (unpaired) electrons. The monoisotopic (exact) mass is 462 g/mol. The minimum Gasteiger partial charge on any atom is -0.397 e. The smallest absolute Gasteiger partial charge is 0.0779 e. The van der Waals surface area contributed by atoms with Crippen LogP contribution in [0.4, 0.5) is 11.4 Å². The second kappa shape index (κ2) is 10.4. The number of rotatable bonds is 9. The number of benzene rings is 1. The first-order chi connectivity index (χ1) is 16.3. The number of nitrogens with zero attached hydrogens (tertiary/aromatic N) is 4. The Hall–Kier alpha value is -3.23. The Morgan fingerprint density at radius 2 is 2.00 bits per heavy atom. The van der Waals surface area contributed by atoms with Crippen molar-refractivity contribution < 1.29 is 0 Å². The van der Waals surface area contributed by atoms with Gasteiger partial charge in [-0.1, -0.05) is 25.3 Å². The molecule has 8 nitrogen and oxygen atoms in total. The predicted octanol–water partition coefficient (Wildman–Crippen LogP) is 3.32. The van der Waals surface area contributed by atoms with E-state index in [4.69, 9.17) is 16.6 Å². The lowest BCUT2D eigenvalue weighted by atomic mass is 10.0. The predicted molar refractivity (Wildman–Crippen MR) is 141 cm³/mol. The van der Waals surface area contributed by atoms with E-state index in [2.05, 4.69) is 64.6 Å². The summed E-state index contributed by atoms with van der Waals surface area (Å²) in [6, 6.07) is 6.41. The molecule has 0 aliphatic carbocycles. The maximum absolute atomic E-state index is 6.24. The molecule has 2 aromatic rings. The van der Waals surface area contributed by atoms with Crippen molar-refractivity contribution in [1.29, 1.82) is 0 Å². The molecule has 3 heterocycles. The van der Waals surface area contributed by atoms with Gasteiger partial charge in [-0.2, -0.15) is 5.10 Å². The highest BCUT2D eigenvalue weighted by atomic mass is 15.3. The molecular weight excluding hydrogens is 424 g/mol. The molecule has 0 bridgehead atoms. The molecule has 8 heteroatoms. The molecule has 2 aliphatic rings. The van der Waals surface area contributed by atoms with Crippen LogP contribution in [0.1, 0.15) is 31.7 Å². The summed E-state index contributed by atoms with van der Waals surface area (Å²) in [6.45, 7) is 11.5. The maximum Gasteiger partial charge on any atom is 0.0779 e. The zero-order valence-corrected chi connectivity index (χ0v) is 20.4. The zero-order valence-electron chi connectivity index (χ0n) is 20.4. The van der Waals surface area contributed by atoms with Gasteiger partial charge in [-0.05, 0) is 51.1 Å². The van der Waals surface area contributed by atoms with Crippen LogP contribution >= 0.6 is 0 Å². The van der Waals surface area contributed by atoms with E-state index in [-0.39, 0.29) is 6.17 Å². The van der Waals surface area contributed by atoms with Crippen molar-refractivity contribution in [2.45, 2.75) is 37.9 Å².